The van der Waals surface area contributed by atoms with E-state index in [1.807, 2.05) is 0 Å². The molecule has 96 valence electrons. The Morgan fingerprint density at radius 1 is 1.00 bits per heavy atom. The van der Waals surface area contributed by atoms with Gasteiger partial charge in [0.1, 0.15) is 5.75 Å². The lowest BCUT2D eigenvalue weighted by Gasteiger charge is -2.09. The van der Waals surface area contributed by atoms with Crippen LogP contribution in [-0.4, -0.2) is 20.8 Å². The van der Waals surface area contributed by atoms with Crippen LogP contribution in [0.5, 0.6) is 5.75 Å². The third-order valence-corrected chi connectivity index (χ3v) is 2.98. The lowest BCUT2D eigenvalue weighted by molar-refractivity contribution is 0.192. The maximum absolute atomic E-state index is 5.38. The second kappa shape index (κ2) is 8.13. The van der Waals surface area contributed by atoms with Crippen LogP contribution in [0.3, 0.4) is 0 Å². The first kappa shape index (κ1) is 14.0. The van der Waals surface area contributed by atoms with Crippen LogP contribution in [0.25, 0.3) is 0 Å². The summed E-state index contributed by atoms with van der Waals surface area (Å²) in [5.41, 5.74) is 2.64. The molecular weight excluding hydrogens is 212 g/mol. The van der Waals surface area contributed by atoms with Crippen molar-refractivity contribution in [3.05, 3.63) is 29.3 Å². The van der Waals surface area contributed by atoms with E-state index in [0.29, 0.717) is 0 Å². The zero-order valence-electron chi connectivity index (χ0n) is 11.3. The van der Waals surface area contributed by atoms with Gasteiger partial charge in [0.15, 0.2) is 0 Å². The molecule has 1 aromatic carbocycles. The molecule has 0 fully saturated rings. The van der Waals surface area contributed by atoms with Gasteiger partial charge in [-0.1, -0.05) is 30.5 Å². The van der Waals surface area contributed by atoms with Crippen molar-refractivity contribution in [2.75, 3.05) is 20.8 Å². The summed E-state index contributed by atoms with van der Waals surface area (Å²) in [4.78, 5) is 0. The molecule has 0 radical (unpaired) electrons. The van der Waals surface area contributed by atoms with E-state index in [9.17, 15) is 0 Å². The third-order valence-electron chi connectivity index (χ3n) is 2.98. The van der Waals surface area contributed by atoms with E-state index in [0.717, 1.165) is 18.8 Å². The maximum atomic E-state index is 5.38. The van der Waals surface area contributed by atoms with E-state index in [1.54, 1.807) is 14.2 Å². The Bertz CT molecular complexity index is 321. The molecule has 0 N–H and O–H groups in total. The summed E-state index contributed by atoms with van der Waals surface area (Å²) >= 11 is 0. The van der Waals surface area contributed by atoms with Crippen molar-refractivity contribution in [3.8, 4) is 5.75 Å². The van der Waals surface area contributed by atoms with Crippen LogP contribution in [0.4, 0.5) is 0 Å². The second-order valence-corrected chi connectivity index (χ2v) is 4.47. The molecule has 0 aromatic heterocycles. The Kier molecular flexibility index (Phi) is 6.71. The molecule has 1 aromatic rings. The van der Waals surface area contributed by atoms with Crippen LogP contribution < -0.4 is 4.74 Å². The molecule has 2 nitrogen and oxygen atoms in total. The minimum atomic E-state index is 0.883. The molecule has 0 saturated carbocycles. The highest BCUT2D eigenvalue weighted by Crippen LogP contribution is 2.21. The SMILES string of the molecule is COCCCCCCc1cc(C)ccc1OC. The van der Waals surface area contributed by atoms with Crippen LogP contribution in [0.15, 0.2) is 18.2 Å². The predicted molar refractivity (Wildman–Crippen MR) is 71.8 cm³/mol. The number of hydrogen-bond donors (Lipinski definition) is 0. The predicted octanol–water partition coefficient (Wildman–Crippen LogP) is 3.75. The fourth-order valence-corrected chi connectivity index (χ4v) is 2.02. The number of ether oxygens (including phenoxy) is 2. The van der Waals surface area contributed by atoms with Gasteiger partial charge >= 0.3 is 0 Å². The summed E-state index contributed by atoms with van der Waals surface area (Å²) in [6.45, 7) is 3.01. The number of unbranched alkanes of at least 4 members (excludes halogenated alkanes) is 3. The largest absolute Gasteiger partial charge is 0.496 e. The number of hydrogen-bond acceptors (Lipinski definition) is 2. The highest BCUT2D eigenvalue weighted by molar-refractivity contribution is 5.36. The van der Waals surface area contributed by atoms with Gasteiger partial charge in [0, 0.05) is 13.7 Å². The Labute approximate surface area is 105 Å². The van der Waals surface area contributed by atoms with Gasteiger partial charge in [-0.25, -0.2) is 0 Å². The van der Waals surface area contributed by atoms with Gasteiger partial charge in [-0.2, -0.15) is 0 Å². The van der Waals surface area contributed by atoms with Gasteiger partial charge in [0.05, 0.1) is 7.11 Å². The molecule has 2 heteroatoms. The first-order valence-electron chi connectivity index (χ1n) is 6.40. The molecule has 0 spiro atoms. The number of rotatable bonds is 8. The first-order chi connectivity index (χ1) is 8.27. The molecule has 0 heterocycles. The van der Waals surface area contributed by atoms with Crippen molar-refractivity contribution in [1.29, 1.82) is 0 Å². The highest BCUT2D eigenvalue weighted by atomic mass is 16.5. The van der Waals surface area contributed by atoms with Gasteiger partial charge in [0.25, 0.3) is 0 Å². The third kappa shape index (κ3) is 5.22. The first-order valence-corrected chi connectivity index (χ1v) is 6.40. The molecule has 0 aliphatic rings. The Morgan fingerprint density at radius 3 is 2.47 bits per heavy atom. The lowest BCUT2D eigenvalue weighted by atomic mass is 10.0. The van der Waals surface area contributed by atoms with Gasteiger partial charge in [0.2, 0.25) is 0 Å². The van der Waals surface area contributed by atoms with Crippen LogP contribution in [-0.2, 0) is 11.2 Å². The molecule has 0 aliphatic carbocycles. The van der Waals surface area contributed by atoms with Crippen LogP contribution in [0.1, 0.15) is 36.8 Å². The summed E-state index contributed by atoms with van der Waals surface area (Å²) in [6, 6.07) is 6.39. The molecule has 1 rings (SSSR count). The minimum absolute atomic E-state index is 0.883. The number of methoxy groups -OCH3 is 2. The molecule has 0 saturated heterocycles. The van der Waals surface area contributed by atoms with Crippen molar-refractivity contribution in [2.45, 2.75) is 39.0 Å². The monoisotopic (exact) mass is 236 g/mol. The maximum Gasteiger partial charge on any atom is 0.122 e. The van der Waals surface area contributed by atoms with E-state index in [-0.39, 0.29) is 0 Å². The smallest absolute Gasteiger partial charge is 0.122 e. The van der Waals surface area contributed by atoms with E-state index >= 15 is 0 Å². The summed E-state index contributed by atoms with van der Waals surface area (Å²) in [7, 11) is 3.50. The average Bonchev–Trinajstić information content (AvgIpc) is 2.34. The van der Waals surface area contributed by atoms with Crippen LogP contribution in [0, 0.1) is 6.92 Å². The molecule has 0 bridgehead atoms. The summed E-state index contributed by atoms with van der Waals surface area (Å²) in [6.07, 6.45) is 6.02. The van der Waals surface area contributed by atoms with Gasteiger partial charge in [-0.05, 0) is 37.8 Å². The quantitative estimate of drug-likeness (QED) is 0.640. The van der Waals surface area contributed by atoms with Crippen molar-refractivity contribution in [2.24, 2.45) is 0 Å². The topological polar surface area (TPSA) is 18.5 Å². The van der Waals surface area contributed by atoms with E-state index in [2.05, 4.69) is 25.1 Å². The number of aryl methyl sites for hydroxylation is 2. The van der Waals surface area contributed by atoms with Crippen molar-refractivity contribution < 1.29 is 9.47 Å². The zero-order chi connectivity index (χ0) is 12.5. The summed E-state index contributed by atoms with van der Waals surface area (Å²) in [5, 5.41) is 0. The molecule has 17 heavy (non-hydrogen) atoms. The van der Waals surface area contributed by atoms with Gasteiger partial charge in [-0.15, -0.1) is 0 Å². The molecule has 0 amide bonds. The van der Waals surface area contributed by atoms with E-state index in [1.165, 1.54) is 36.8 Å². The molecule has 0 unspecified atom stereocenters. The normalized spacial score (nSPS) is 10.5. The zero-order valence-corrected chi connectivity index (χ0v) is 11.3. The van der Waals surface area contributed by atoms with Crippen molar-refractivity contribution >= 4 is 0 Å². The highest BCUT2D eigenvalue weighted by Gasteiger charge is 2.02. The second-order valence-electron chi connectivity index (χ2n) is 4.47. The molecular formula is C15H24O2. The Morgan fingerprint density at radius 2 is 1.76 bits per heavy atom. The summed E-state index contributed by atoms with van der Waals surface area (Å²) < 4.78 is 10.4. The fraction of sp³-hybridized carbons (Fsp3) is 0.600. The Balaban J connectivity index is 2.32. The van der Waals surface area contributed by atoms with Gasteiger partial charge in [-0.3, -0.25) is 0 Å². The van der Waals surface area contributed by atoms with Crippen molar-refractivity contribution in [3.63, 3.8) is 0 Å². The van der Waals surface area contributed by atoms with E-state index in [4.69, 9.17) is 9.47 Å². The minimum Gasteiger partial charge on any atom is -0.496 e. The lowest BCUT2D eigenvalue weighted by Crippen LogP contribution is -1.94. The van der Waals surface area contributed by atoms with Crippen LogP contribution >= 0.6 is 0 Å². The standard InChI is InChI=1S/C15H24O2/c1-13-9-10-15(17-3)14(12-13)8-6-4-5-7-11-16-2/h9-10,12H,4-8,11H2,1-3H3. The van der Waals surface area contributed by atoms with Crippen molar-refractivity contribution in [1.82, 2.24) is 0 Å². The molecule has 0 atom stereocenters. The average molecular weight is 236 g/mol. The Hall–Kier alpha value is -1.02. The molecule has 0 aliphatic heterocycles. The van der Waals surface area contributed by atoms with Gasteiger partial charge < -0.3 is 9.47 Å². The van der Waals surface area contributed by atoms with E-state index < -0.39 is 0 Å². The fourth-order valence-electron chi connectivity index (χ4n) is 2.02. The van der Waals surface area contributed by atoms with Crippen LogP contribution in [0.2, 0.25) is 0 Å². The number of benzene rings is 1. The summed E-state index contributed by atoms with van der Waals surface area (Å²) in [5.74, 6) is 1.02.